The third-order valence-corrected chi connectivity index (χ3v) is 7.51. The molecule has 1 aromatic carbocycles. The number of rotatable bonds is 8. The highest BCUT2D eigenvalue weighted by Crippen LogP contribution is 2.29. The van der Waals surface area contributed by atoms with Crippen LogP contribution in [0.2, 0.25) is 0 Å². The maximum absolute atomic E-state index is 12.7. The lowest BCUT2D eigenvalue weighted by Crippen LogP contribution is -2.47. The molecule has 0 saturated carbocycles. The summed E-state index contributed by atoms with van der Waals surface area (Å²) in [5.41, 5.74) is 3.44. The van der Waals surface area contributed by atoms with Gasteiger partial charge in [0.15, 0.2) is 0 Å². The molecule has 0 radical (unpaired) electrons. The van der Waals surface area contributed by atoms with E-state index in [1.807, 2.05) is 35.4 Å². The first kappa shape index (κ1) is 30.5. The summed E-state index contributed by atoms with van der Waals surface area (Å²) in [5, 5.41) is 13.4. The predicted octanol–water partition coefficient (Wildman–Crippen LogP) is 3.15. The Morgan fingerprint density at radius 2 is 1.98 bits per heavy atom. The second-order valence-corrected chi connectivity index (χ2v) is 12.3. The number of hydrogen-bond acceptors (Lipinski definition) is 7. The maximum Gasteiger partial charge on any atom is 0.326 e. The number of pyridine rings is 1. The van der Waals surface area contributed by atoms with E-state index in [2.05, 4.69) is 9.88 Å². The van der Waals surface area contributed by atoms with Crippen molar-refractivity contribution in [2.75, 3.05) is 13.1 Å². The van der Waals surface area contributed by atoms with E-state index >= 15 is 0 Å². The zero-order chi connectivity index (χ0) is 30.1. The molecular formula is C31H43N5O5. The number of hydrogen-bond donors (Lipinski definition) is 2. The quantitative estimate of drug-likeness (QED) is 0.403. The van der Waals surface area contributed by atoms with Crippen LogP contribution in [-0.4, -0.2) is 66.8 Å². The number of aryl methyl sites for hydroxylation is 2. The predicted molar refractivity (Wildman–Crippen MR) is 158 cm³/mol. The summed E-state index contributed by atoms with van der Waals surface area (Å²) < 4.78 is 9.27. The number of aliphatic hydroxyl groups is 1. The van der Waals surface area contributed by atoms with Crippen molar-refractivity contribution in [3.05, 3.63) is 51.9 Å². The van der Waals surface area contributed by atoms with Gasteiger partial charge in [0.2, 0.25) is 5.91 Å². The van der Waals surface area contributed by atoms with Crippen molar-refractivity contribution in [3.63, 3.8) is 0 Å². The minimum Gasteiger partial charge on any atom is -0.459 e. The highest BCUT2D eigenvalue weighted by Gasteiger charge is 2.29. The van der Waals surface area contributed by atoms with E-state index in [0.29, 0.717) is 25.2 Å². The number of imidazole rings is 1. The first-order valence-corrected chi connectivity index (χ1v) is 14.3. The van der Waals surface area contributed by atoms with Crippen LogP contribution in [0.3, 0.4) is 0 Å². The number of aromatic nitrogens is 3. The Bertz CT molecular complexity index is 1460. The van der Waals surface area contributed by atoms with Gasteiger partial charge in [-0.3, -0.25) is 19.7 Å². The van der Waals surface area contributed by atoms with Gasteiger partial charge in [-0.15, -0.1) is 0 Å². The first-order chi connectivity index (χ1) is 19.2. The summed E-state index contributed by atoms with van der Waals surface area (Å²) in [4.78, 5) is 44.1. The van der Waals surface area contributed by atoms with Crippen LogP contribution in [0.1, 0.15) is 58.6 Å². The molecule has 2 aromatic heterocycles. The number of esters is 1. The number of benzene rings is 1. The smallest absolute Gasteiger partial charge is 0.326 e. The number of piperidine rings is 1. The molecule has 2 unspecified atom stereocenters. The molecule has 1 aliphatic rings. The lowest BCUT2D eigenvalue weighted by Gasteiger charge is -2.32. The molecular weight excluding hydrogens is 522 g/mol. The molecule has 3 heterocycles. The Balaban J connectivity index is 1.70. The van der Waals surface area contributed by atoms with E-state index in [9.17, 15) is 19.5 Å². The molecule has 10 nitrogen and oxygen atoms in total. The number of aliphatic hydroxyl groups excluding tert-OH is 1. The lowest BCUT2D eigenvalue weighted by atomic mass is 9.97. The van der Waals surface area contributed by atoms with Crippen molar-refractivity contribution in [2.45, 2.75) is 85.2 Å². The molecule has 222 valence electrons. The molecule has 1 saturated heterocycles. The minimum atomic E-state index is -0.936. The van der Waals surface area contributed by atoms with Gasteiger partial charge in [-0.25, -0.2) is 4.98 Å². The normalized spacial score (nSPS) is 17.5. The molecule has 41 heavy (non-hydrogen) atoms. The van der Waals surface area contributed by atoms with E-state index in [-0.39, 0.29) is 17.4 Å². The molecule has 0 aliphatic carbocycles. The third kappa shape index (κ3) is 7.23. The van der Waals surface area contributed by atoms with Crippen LogP contribution in [0.4, 0.5) is 0 Å². The van der Waals surface area contributed by atoms with Crippen LogP contribution in [-0.2, 0) is 34.5 Å². The number of carbonyl (C=O) groups excluding carboxylic acids is 2. The summed E-state index contributed by atoms with van der Waals surface area (Å²) in [6.07, 6.45) is 2.83. The number of nitrogens with zero attached hydrogens (tertiary/aromatic N) is 4. The van der Waals surface area contributed by atoms with Crippen molar-refractivity contribution in [2.24, 2.45) is 13.0 Å². The summed E-state index contributed by atoms with van der Waals surface area (Å²) in [5.74, 6) is 0.605. The van der Waals surface area contributed by atoms with E-state index in [1.54, 1.807) is 53.2 Å². The van der Waals surface area contributed by atoms with Crippen molar-refractivity contribution in [1.29, 1.82) is 0 Å². The van der Waals surface area contributed by atoms with Gasteiger partial charge in [0.05, 0.1) is 17.1 Å². The van der Waals surface area contributed by atoms with Crippen LogP contribution in [0.5, 0.6) is 0 Å². The highest BCUT2D eigenvalue weighted by molar-refractivity contribution is 5.81. The third-order valence-electron chi connectivity index (χ3n) is 7.51. The number of carbonyl (C=O) groups is 2. The molecule has 3 atom stereocenters. The van der Waals surface area contributed by atoms with Crippen LogP contribution >= 0.6 is 0 Å². The number of likely N-dealkylation sites (tertiary alicyclic amines) is 1. The van der Waals surface area contributed by atoms with E-state index in [1.165, 1.54) is 0 Å². The molecule has 2 N–H and O–H groups in total. The molecule has 1 amide bonds. The molecule has 3 aromatic rings. The maximum atomic E-state index is 12.7. The number of nitrogens with one attached hydrogen (secondary N) is 1. The summed E-state index contributed by atoms with van der Waals surface area (Å²) in [6, 6.07) is 6.95. The second-order valence-electron chi connectivity index (χ2n) is 12.3. The monoisotopic (exact) mass is 565 g/mol. The zero-order valence-corrected chi connectivity index (χ0v) is 25.2. The Morgan fingerprint density at radius 1 is 1.24 bits per heavy atom. The Morgan fingerprint density at radius 3 is 2.61 bits per heavy atom. The van der Waals surface area contributed by atoms with Gasteiger partial charge in [-0.1, -0.05) is 6.07 Å². The largest absolute Gasteiger partial charge is 0.459 e. The van der Waals surface area contributed by atoms with Gasteiger partial charge in [-0.05, 0) is 77.1 Å². The van der Waals surface area contributed by atoms with Crippen molar-refractivity contribution in [1.82, 2.24) is 24.3 Å². The topological polar surface area (TPSA) is 119 Å². The van der Waals surface area contributed by atoms with Gasteiger partial charge in [0, 0.05) is 57.5 Å². The Labute approximate surface area is 241 Å². The van der Waals surface area contributed by atoms with E-state index < -0.39 is 23.7 Å². The van der Waals surface area contributed by atoms with Crippen LogP contribution < -0.4 is 10.9 Å². The molecule has 0 bridgehead atoms. The van der Waals surface area contributed by atoms with Gasteiger partial charge >= 0.3 is 5.97 Å². The van der Waals surface area contributed by atoms with Crippen LogP contribution in [0, 0.1) is 12.8 Å². The number of ether oxygens (including phenoxy) is 1. The fourth-order valence-electron chi connectivity index (χ4n) is 5.49. The molecule has 0 spiro atoms. The Kier molecular flexibility index (Phi) is 9.03. The average molecular weight is 566 g/mol. The minimum absolute atomic E-state index is 0.0493. The summed E-state index contributed by atoms with van der Waals surface area (Å²) in [7, 11) is 1.74. The lowest BCUT2D eigenvalue weighted by molar-refractivity contribution is -0.160. The standard InChI is InChI=1S/C31H43N5O5/c1-19-13-24(18-34(7)29(19)39)28-33-25-11-10-22(15-32-27(20(2)37)30(40)41-31(4,5)6)14-26(25)36(28)17-23-9-8-12-35(16-23)21(3)38/h10-11,13-14,18,20,23,27,32,37H,8-9,12,15-17H2,1-7H3/t20?,23-,27?/m1/s1. The van der Waals surface area contributed by atoms with Crippen LogP contribution in [0.15, 0.2) is 35.3 Å². The Hall–Kier alpha value is -3.50. The molecule has 1 aliphatic heterocycles. The summed E-state index contributed by atoms with van der Waals surface area (Å²) >= 11 is 0. The number of fused-ring (bicyclic) bond motifs is 1. The van der Waals surface area contributed by atoms with E-state index in [4.69, 9.17) is 9.72 Å². The van der Waals surface area contributed by atoms with E-state index in [0.717, 1.165) is 47.4 Å². The van der Waals surface area contributed by atoms with Crippen molar-refractivity contribution in [3.8, 4) is 11.4 Å². The van der Waals surface area contributed by atoms with Gasteiger partial charge in [0.1, 0.15) is 17.5 Å². The SMILES string of the molecule is CC(=O)N1CCC[C@@H](Cn2c(-c3cc(C)c(=O)n(C)c3)nc3ccc(CNC(C(=O)OC(C)(C)C)C(C)O)cc32)C1. The molecule has 1 fully saturated rings. The van der Waals surface area contributed by atoms with Gasteiger partial charge < -0.3 is 23.9 Å². The second kappa shape index (κ2) is 12.2. The number of amides is 1. The average Bonchev–Trinajstić information content (AvgIpc) is 3.23. The molecule has 10 heteroatoms. The summed E-state index contributed by atoms with van der Waals surface area (Å²) in [6.45, 7) is 12.8. The zero-order valence-electron chi connectivity index (χ0n) is 25.2. The molecule has 4 rings (SSSR count). The first-order valence-electron chi connectivity index (χ1n) is 14.3. The van der Waals surface area contributed by atoms with Gasteiger partial charge in [0.25, 0.3) is 5.56 Å². The van der Waals surface area contributed by atoms with Gasteiger partial charge in [-0.2, -0.15) is 0 Å². The fraction of sp³-hybridized carbons (Fsp3) is 0.548. The fourth-order valence-corrected chi connectivity index (χ4v) is 5.49. The van der Waals surface area contributed by atoms with Crippen molar-refractivity contribution >= 4 is 22.9 Å². The van der Waals surface area contributed by atoms with Crippen molar-refractivity contribution < 1.29 is 19.4 Å². The highest BCUT2D eigenvalue weighted by atomic mass is 16.6. The van der Waals surface area contributed by atoms with Crippen LogP contribution in [0.25, 0.3) is 22.4 Å².